The average Bonchev–Trinajstić information content (AvgIpc) is 3.38. The lowest BCUT2D eigenvalue weighted by atomic mass is 9.89. The highest BCUT2D eigenvalue weighted by Gasteiger charge is 2.27. The van der Waals surface area contributed by atoms with E-state index in [4.69, 9.17) is 9.97 Å². The van der Waals surface area contributed by atoms with Gasteiger partial charge in [-0.2, -0.15) is 0 Å². The summed E-state index contributed by atoms with van der Waals surface area (Å²) in [5, 5.41) is 6.80. The van der Waals surface area contributed by atoms with E-state index in [0.29, 0.717) is 0 Å². The maximum absolute atomic E-state index is 5.76. The lowest BCUT2D eigenvalue weighted by Crippen LogP contribution is -1.99. The topological polar surface area (TPSA) is 35.6 Å². The van der Waals surface area contributed by atoms with E-state index in [1.165, 1.54) is 10.8 Å². The summed E-state index contributed by atoms with van der Waals surface area (Å²) in [5.41, 5.74) is 18.4. The van der Waals surface area contributed by atoms with Gasteiger partial charge in [0.25, 0.3) is 0 Å². The maximum atomic E-state index is 5.76. The summed E-state index contributed by atoms with van der Waals surface area (Å²) < 4.78 is 4.74. The van der Waals surface area contributed by atoms with Gasteiger partial charge in [0.1, 0.15) is 11.6 Å². The molecular formula is C76H52N4. The summed E-state index contributed by atoms with van der Waals surface area (Å²) in [6.45, 7) is 3.91. The summed E-state index contributed by atoms with van der Waals surface area (Å²) in [6, 6.07) is 95.2. The van der Waals surface area contributed by atoms with Crippen molar-refractivity contribution in [3.8, 4) is 34.2 Å². The molecule has 0 spiro atoms. The molecule has 2 heterocycles. The molecule has 14 aromatic rings. The second-order valence-electron chi connectivity index (χ2n) is 20.1. The number of para-hydroxylation sites is 2. The predicted molar refractivity (Wildman–Crippen MR) is 337 cm³/mol. The predicted octanol–water partition coefficient (Wildman–Crippen LogP) is 19.4. The van der Waals surface area contributed by atoms with Crippen LogP contribution >= 0.6 is 0 Å². The Balaban J connectivity index is 0.980. The lowest BCUT2D eigenvalue weighted by molar-refractivity contribution is 1.11. The molecule has 4 heteroatoms. The van der Waals surface area contributed by atoms with E-state index >= 15 is 0 Å². The molecule has 0 amide bonds. The minimum absolute atomic E-state index is 0.868. The van der Waals surface area contributed by atoms with Crippen LogP contribution in [0.5, 0.6) is 0 Å². The van der Waals surface area contributed by atoms with E-state index in [9.17, 15) is 0 Å². The van der Waals surface area contributed by atoms with Crippen LogP contribution in [0.2, 0.25) is 0 Å². The van der Waals surface area contributed by atoms with E-state index in [1.54, 1.807) is 6.08 Å². The van der Waals surface area contributed by atoms with Gasteiger partial charge in [0.2, 0.25) is 0 Å². The Morgan fingerprint density at radius 1 is 0.350 bits per heavy atom. The zero-order valence-electron chi connectivity index (χ0n) is 43.9. The summed E-state index contributed by atoms with van der Waals surface area (Å²) in [6.07, 6.45) is 12.4. The smallest absolute Gasteiger partial charge is 0.145 e. The summed E-state index contributed by atoms with van der Waals surface area (Å²) in [7, 11) is 0. The Bertz CT molecular complexity index is 4640. The van der Waals surface area contributed by atoms with Gasteiger partial charge in [-0.3, -0.25) is 9.13 Å². The summed E-state index contributed by atoms with van der Waals surface area (Å²) in [5.74, 6) is 1.75. The van der Waals surface area contributed by atoms with Gasteiger partial charge in [-0.05, 0) is 80.4 Å². The largest absolute Gasteiger partial charge is 0.292 e. The van der Waals surface area contributed by atoms with Crippen LogP contribution in [0.1, 0.15) is 33.4 Å². The first-order chi connectivity index (χ1) is 39.7. The third kappa shape index (κ3) is 8.44. The fraction of sp³-hybridized carbons (Fsp3) is 0. The SMILES string of the molecule is C=C/C=C\C=C\C(=C(c1ccccc1)c1ccccc1)c1ccc(-c2nc3c4cccc5c4c4c(cccc4c3n2-c2ccccc2)c2nc(-c3ccc(/C(=C\c4ccccc4)c4ccccc4)cc3)n(-c3ccccc3)c52)cc1. The second kappa shape index (κ2) is 20.7. The Morgan fingerprint density at radius 3 is 1.21 bits per heavy atom. The number of hydrogen-bond acceptors (Lipinski definition) is 2. The van der Waals surface area contributed by atoms with Gasteiger partial charge < -0.3 is 0 Å². The highest BCUT2D eigenvalue weighted by molar-refractivity contribution is 6.39. The van der Waals surface area contributed by atoms with Gasteiger partial charge in [-0.1, -0.05) is 280 Å². The molecule has 14 rings (SSSR count). The van der Waals surface area contributed by atoms with Crippen LogP contribution in [-0.4, -0.2) is 19.1 Å². The second-order valence-corrected chi connectivity index (χ2v) is 20.1. The lowest BCUT2D eigenvalue weighted by Gasteiger charge is -2.17. The van der Waals surface area contributed by atoms with Crippen molar-refractivity contribution in [1.82, 2.24) is 19.1 Å². The quantitative estimate of drug-likeness (QED) is 0.0655. The molecule has 0 radical (unpaired) electrons. The minimum atomic E-state index is 0.868. The van der Waals surface area contributed by atoms with Crippen LogP contribution < -0.4 is 0 Å². The molecule has 4 nitrogen and oxygen atoms in total. The Hall–Kier alpha value is -10.7. The summed E-state index contributed by atoms with van der Waals surface area (Å²) >= 11 is 0. The van der Waals surface area contributed by atoms with Crippen molar-refractivity contribution in [3.05, 3.63) is 337 Å². The number of allylic oxidation sites excluding steroid dienone is 6. The monoisotopic (exact) mass is 1020 g/mol. The van der Waals surface area contributed by atoms with Gasteiger partial charge >= 0.3 is 0 Å². The third-order valence-electron chi connectivity index (χ3n) is 15.3. The number of imidazole rings is 2. The molecular weight excluding hydrogens is 969 g/mol. The van der Waals surface area contributed by atoms with Gasteiger partial charge in [-0.25, -0.2) is 9.97 Å². The molecule has 0 N–H and O–H groups in total. The van der Waals surface area contributed by atoms with Crippen LogP contribution in [0, 0.1) is 0 Å². The van der Waals surface area contributed by atoms with E-state index in [2.05, 4.69) is 301 Å². The maximum Gasteiger partial charge on any atom is 0.145 e. The zero-order chi connectivity index (χ0) is 53.4. The van der Waals surface area contributed by atoms with E-state index < -0.39 is 0 Å². The molecule has 376 valence electrons. The van der Waals surface area contributed by atoms with Crippen LogP contribution in [0.3, 0.4) is 0 Å². The molecule has 0 aliphatic heterocycles. The van der Waals surface area contributed by atoms with Crippen LogP contribution in [0.4, 0.5) is 0 Å². The van der Waals surface area contributed by atoms with E-state index in [0.717, 1.165) is 128 Å². The Kier molecular flexibility index (Phi) is 12.4. The molecule has 0 saturated carbocycles. The van der Waals surface area contributed by atoms with Crippen molar-refractivity contribution in [2.75, 3.05) is 0 Å². The molecule has 0 unspecified atom stereocenters. The van der Waals surface area contributed by atoms with Crippen molar-refractivity contribution >= 4 is 77.2 Å². The van der Waals surface area contributed by atoms with Crippen LogP contribution in [0.25, 0.3) is 111 Å². The standard InChI is InChI=1S/C76H52N4/c1-2-3-4-23-38-62(68(56-30-15-7-16-31-56)57-32-17-8-18-33-57)54-43-47-58(48-44-54)75-77-71-63-39-24-42-66-69(63)70-64(40-25-41-65(70)73(71)79(75)60-34-19-9-20-35-60)72-74(66)80(61-36-21-10-22-37-61)76(78-72)59-49-45-55(46-50-59)67(53-28-13-6-14-29-53)51-52-26-11-5-12-27-52/h2-51H,1H2/b4-3-,38-23+,67-51-. The van der Waals surface area contributed by atoms with Crippen molar-refractivity contribution in [2.24, 2.45) is 0 Å². The average molecular weight is 1020 g/mol. The highest BCUT2D eigenvalue weighted by Crippen LogP contribution is 2.48. The van der Waals surface area contributed by atoms with E-state index in [1.807, 2.05) is 12.2 Å². The van der Waals surface area contributed by atoms with Gasteiger partial charge in [0, 0.05) is 54.8 Å². The Morgan fingerprint density at radius 2 is 0.750 bits per heavy atom. The molecule has 0 aliphatic carbocycles. The first-order valence-electron chi connectivity index (χ1n) is 27.2. The van der Waals surface area contributed by atoms with Crippen molar-refractivity contribution in [3.63, 3.8) is 0 Å². The molecule has 0 bridgehead atoms. The van der Waals surface area contributed by atoms with Crippen molar-refractivity contribution in [1.29, 1.82) is 0 Å². The normalized spacial score (nSPS) is 12.0. The first kappa shape index (κ1) is 47.7. The molecule has 2 aromatic heterocycles. The van der Waals surface area contributed by atoms with Crippen LogP contribution in [-0.2, 0) is 0 Å². The summed E-state index contributed by atoms with van der Waals surface area (Å²) in [4.78, 5) is 11.5. The fourth-order valence-electron chi connectivity index (χ4n) is 11.8. The highest BCUT2D eigenvalue weighted by atomic mass is 15.1. The van der Waals surface area contributed by atoms with E-state index in [-0.39, 0.29) is 0 Å². The Labute approximate surface area is 465 Å². The number of fused-ring (bicyclic) bond motifs is 6. The number of hydrogen-bond donors (Lipinski definition) is 0. The minimum Gasteiger partial charge on any atom is -0.292 e. The number of nitrogens with zero attached hydrogens (tertiary/aromatic N) is 4. The van der Waals surface area contributed by atoms with Gasteiger partial charge in [0.05, 0.1) is 22.1 Å². The van der Waals surface area contributed by atoms with Crippen molar-refractivity contribution < 1.29 is 0 Å². The first-order valence-corrected chi connectivity index (χ1v) is 27.2. The fourth-order valence-corrected chi connectivity index (χ4v) is 11.8. The number of benzene rings is 12. The molecule has 80 heavy (non-hydrogen) atoms. The van der Waals surface area contributed by atoms with Crippen molar-refractivity contribution in [2.45, 2.75) is 0 Å². The number of aromatic nitrogens is 4. The zero-order valence-corrected chi connectivity index (χ0v) is 43.9. The molecule has 0 atom stereocenters. The molecule has 0 fully saturated rings. The third-order valence-corrected chi connectivity index (χ3v) is 15.3. The number of rotatable bonds is 13. The molecule has 0 aliphatic rings. The van der Waals surface area contributed by atoms with Gasteiger partial charge in [-0.15, -0.1) is 0 Å². The van der Waals surface area contributed by atoms with Gasteiger partial charge in [0.15, 0.2) is 0 Å². The van der Waals surface area contributed by atoms with Crippen LogP contribution in [0.15, 0.2) is 304 Å². The molecule has 12 aromatic carbocycles. The molecule has 0 saturated heterocycles.